The van der Waals surface area contributed by atoms with E-state index in [1.165, 1.54) is 13.2 Å². The zero-order chi connectivity index (χ0) is 16.7. The van der Waals surface area contributed by atoms with Gasteiger partial charge in [-0.15, -0.1) is 0 Å². The first-order valence-corrected chi connectivity index (χ1v) is 6.72. The summed E-state index contributed by atoms with van der Waals surface area (Å²) in [6.07, 6.45) is 3.47. The number of methoxy groups -OCH3 is 2. The highest BCUT2D eigenvalue weighted by Gasteiger charge is 2.13. The number of isocyanates is 2. The van der Waals surface area contributed by atoms with Gasteiger partial charge in [0, 0.05) is 18.1 Å². The van der Waals surface area contributed by atoms with Crippen LogP contribution in [0.3, 0.4) is 0 Å². The fourth-order valence-electron chi connectivity index (χ4n) is 2.27. The van der Waals surface area contributed by atoms with Gasteiger partial charge in [-0.1, -0.05) is 12.1 Å². The predicted octanol–water partition coefficient (Wildman–Crippen LogP) is 3.23. The van der Waals surface area contributed by atoms with E-state index in [1.807, 2.05) is 0 Å². The largest absolute Gasteiger partial charge is 0.496 e. The lowest BCUT2D eigenvalue weighted by Gasteiger charge is -2.13. The highest BCUT2D eigenvalue weighted by molar-refractivity contribution is 5.61. The number of benzene rings is 2. The van der Waals surface area contributed by atoms with Crippen molar-refractivity contribution in [3.8, 4) is 11.5 Å². The van der Waals surface area contributed by atoms with Crippen molar-refractivity contribution in [1.29, 1.82) is 0 Å². The molecule has 23 heavy (non-hydrogen) atoms. The van der Waals surface area contributed by atoms with Gasteiger partial charge in [-0.2, -0.15) is 9.98 Å². The number of carbonyl (C=O) groups excluding carboxylic acids is 2. The first-order valence-electron chi connectivity index (χ1n) is 6.72. The third-order valence-corrected chi connectivity index (χ3v) is 3.31. The van der Waals surface area contributed by atoms with E-state index in [2.05, 4.69) is 9.98 Å². The molecule has 0 fully saturated rings. The number of hydrogen-bond donors (Lipinski definition) is 0. The van der Waals surface area contributed by atoms with E-state index in [0.29, 0.717) is 29.3 Å². The summed E-state index contributed by atoms with van der Waals surface area (Å²) >= 11 is 0. The second-order valence-electron chi connectivity index (χ2n) is 4.54. The first-order chi connectivity index (χ1) is 11.2. The standard InChI is InChI=1S/C17H14N2O4/c1-22-16-5-3-4-15(19-11-21)14(16)8-12-6-7-13(18-10-20)9-17(12)23-2/h3-7,9H,8H2,1-2H3. The summed E-state index contributed by atoms with van der Waals surface area (Å²) in [6, 6.07) is 10.4. The molecule has 2 rings (SSSR count). The zero-order valence-electron chi connectivity index (χ0n) is 12.7. The Hall–Kier alpha value is -3.20. The summed E-state index contributed by atoms with van der Waals surface area (Å²) in [7, 11) is 3.08. The third kappa shape index (κ3) is 3.71. The van der Waals surface area contributed by atoms with Gasteiger partial charge in [-0.25, -0.2) is 9.59 Å². The van der Waals surface area contributed by atoms with Crippen LogP contribution in [0.4, 0.5) is 11.4 Å². The molecule has 0 atom stereocenters. The maximum absolute atomic E-state index is 10.6. The Bertz CT molecular complexity index is 804. The van der Waals surface area contributed by atoms with Crippen LogP contribution in [0.2, 0.25) is 0 Å². The molecule has 0 bridgehead atoms. The van der Waals surface area contributed by atoms with Gasteiger partial charge in [0.15, 0.2) is 0 Å². The summed E-state index contributed by atoms with van der Waals surface area (Å²) in [5.74, 6) is 1.17. The van der Waals surface area contributed by atoms with Gasteiger partial charge >= 0.3 is 0 Å². The Labute approximate surface area is 133 Å². The van der Waals surface area contributed by atoms with Crippen molar-refractivity contribution in [2.75, 3.05) is 14.2 Å². The maximum atomic E-state index is 10.6. The SMILES string of the molecule is COc1cc(N=C=O)ccc1Cc1c(N=C=O)cccc1OC. The third-order valence-electron chi connectivity index (χ3n) is 3.31. The van der Waals surface area contributed by atoms with Crippen LogP contribution in [0.1, 0.15) is 11.1 Å². The van der Waals surface area contributed by atoms with Crippen molar-refractivity contribution in [2.24, 2.45) is 9.98 Å². The van der Waals surface area contributed by atoms with Gasteiger partial charge in [0.05, 0.1) is 25.6 Å². The number of nitrogens with zero attached hydrogens (tertiary/aromatic N) is 2. The average molecular weight is 310 g/mol. The molecule has 0 saturated carbocycles. The molecule has 0 heterocycles. The predicted molar refractivity (Wildman–Crippen MR) is 84.4 cm³/mol. The van der Waals surface area contributed by atoms with Crippen LogP contribution in [0.15, 0.2) is 46.4 Å². The highest BCUT2D eigenvalue weighted by Crippen LogP contribution is 2.34. The van der Waals surface area contributed by atoms with Crippen molar-refractivity contribution in [3.05, 3.63) is 47.5 Å². The molecule has 0 N–H and O–H groups in total. The minimum absolute atomic E-state index is 0.429. The minimum Gasteiger partial charge on any atom is -0.496 e. The summed E-state index contributed by atoms with van der Waals surface area (Å²) in [4.78, 5) is 28.2. The fourth-order valence-corrected chi connectivity index (χ4v) is 2.27. The molecule has 6 nitrogen and oxygen atoms in total. The Morgan fingerprint density at radius 1 is 0.957 bits per heavy atom. The van der Waals surface area contributed by atoms with Crippen molar-refractivity contribution in [1.82, 2.24) is 0 Å². The Morgan fingerprint density at radius 3 is 2.35 bits per heavy atom. The van der Waals surface area contributed by atoms with Crippen LogP contribution >= 0.6 is 0 Å². The smallest absolute Gasteiger partial charge is 0.240 e. The summed E-state index contributed by atoms with van der Waals surface area (Å²) < 4.78 is 10.7. The van der Waals surface area contributed by atoms with Crippen LogP contribution < -0.4 is 9.47 Å². The molecular formula is C17H14N2O4. The Kier molecular flexibility index (Phi) is 5.42. The Morgan fingerprint density at radius 2 is 1.70 bits per heavy atom. The second kappa shape index (κ2) is 7.71. The molecule has 0 aliphatic carbocycles. The van der Waals surface area contributed by atoms with Gasteiger partial charge in [0.1, 0.15) is 11.5 Å². The van der Waals surface area contributed by atoms with Gasteiger partial charge in [-0.05, 0) is 23.8 Å². The van der Waals surface area contributed by atoms with Crippen LogP contribution in [-0.4, -0.2) is 26.4 Å². The molecule has 0 saturated heterocycles. The van der Waals surface area contributed by atoms with E-state index in [4.69, 9.17) is 9.47 Å². The lowest BCUT2D eigenvalue weighted by molar-refractivity contribution is 0.405. The van der Waals surface area contributed by atoms with Gasteiger partial charge in [0.2, 0.25) is 12.2 Å². The summed E-state index contributed by atoms with van der Waals surface area (Å²) in [5, 5.41) is 0. The molecule has 0 radical (unpaired) electrons. The number of hydrogen-bond acceptors (Lipinski definition) is 6. The highest BCUT2D eigenvalue weighted by atomic mass is 16.5. The van der Waals surface area contributed by atoms with Crippen molar-refractivity contribution < 1.29 is 19.1 Å². The normalized spacial score (nSPS) is 9.48. The van der Waals surface area contributed by atoms with Crippen LogP contribution in [-0.2, 0) is 16.0 Å². The van der Waals surface area contributed by atoms with Crippen LogP contribution in [0, 0.1) is 0 Å². The van der Waals surface area contributed by atoms with E-state index in [1.54, 1.807) is 49.6 Å². The van der Waals surface area contributed by atoms with Crippen molar-refractivity contribution >= 4 is 23.5 Å². The summed E-state index contributed by atoms with van der Waals surface area (Å²) in [6.45, 7) is 0. The number of rotatable bonds is 6. The fraction of sp³-hybridized carbons (Fsp3) is 0.176. The molecule has 0 aliphatic heterocycles. The molecule has 0 unspecified atom stereocenters. The number of aliphatic imine (C=N–C) groups is 2. The van der Waals surface area contributed by atoms with E-state index in [0.717, 1.165) is 11.1 Å². The maximum Gasteiger partial charge on any atom is 0.240 e. The van der Waals surface area contributed by atoms with Crippen molar-refractivity contribution in [3.63, 3.8) is 0 Å². The Balaban J connectivity index is 2.50. The molecule has 2 aromatic carbocycles. The molecule has 6 heteroatoms. The van der Waals surface area contributed by atoms with Crippen LogP contribution in [0.25, 0.3) is 0 Å². The van der Waals surface area contributed by atoms with Crippen molar-refractivity contribution in [2.45, 2.75) is 6.42 Å². The molecule has 0 aromatic heterocycles. The second-order valence-corrected chi connectivity index (χ2v) is 4.54. The molecule has 0 spiro atoms. The molecule has 116 valence electrons. The topological polar surface area (TPSA) is 77.3 Å². The lowest BCUT2D eigenvalue weighted by atomic mass is 10.0. The van der Waals surface area contributed by atoms with Gasteiger partial charge < -0.3 is 9.47 Å². The zero-order valence-corrected chi connectivity index (χ0v) is 12.7. The van der Waals surface area contributed by atoms with Gasteiger partial charge in [-0.3, -0.25) is 0 Å². The quantitative estimate of drug-likeness (QED) is 0.606. The molecule has 0 aliphatic rings. The van der Waals surface area contributed by atoms with E-state index in [-0.39, 0.29) is 0 Å². The first kappa shape index (κ1) is 16.2. The minimum atomic E-state index is 0.429. The summed E-state index contributed by atoms with van der Waals surface area (Å²) in [5.41, 5.74) is 2.51. The molecular weight excluding hydrogens is 296 g/mol. The molecule has 0 amide bonds. The number of ether oxygens (including phenoxy) is 2. The van der Waals surface area contributed by atoms with E-state index < -0.39 is 0 Å². The monoisotopic (exact) mass is 310 g/mol. The lowest BCUT2D eigenvalue weighted by Crippen LogP contribution is -1.97. The van der Waals surface area contributed by atoms with E-state index in [9.17, 15) is 9.59 Å². The average Bonchev–Trinajstić information content (AvgIpc) is 2.58. The van der Waals surface area contributed by atoms with E-state index >= 15 is 0 Å². The van der Waals surface area contributed by atoms with Gasteiger partial charge in [0.25, 0.3) is 0 Å². The molecule has 2 aromatic rings. The van der Waals surface area contributed by atoms with Crippen LogP contribution in [0.5, 0.6) is 11.5 Å².